The molecule has 0 aliphatic carbocycles. The largest absolute Gasteiger partial charge is 0.494 e. The molecule has 0 radical (unpaired) electrons. The van der Waals surface area contributed by atoms with Gasteiger partial charge in [-0.2, -0.15) is 0 Å². The van der Waals surface area contributed by atoms with Crippen LogP contribution in [-0.4, -0.2) is 43.6 Å². The number of ether oxygens (including phenoxy) is 2. The molecule has 0 unspecified atom stereocenters. The Kier molecular flexibility index (Phi) is 8.46. The van der Waals surface area contributed by atoms with Gasteiger partial charge in [-0.15, -0.1) is 0 Å². The van der Waals surface area contributed by atoms with E-state index in [9.17, 15) is 14.4 Å². The first kappa shape index (κ1) is 20.5. The van der Waals surface area contributed by atoms with Gasteiger partial charge in [-0.1, -0.05) is 13.8 Å². The number of nitrogens with one attached hydrogen (secondary N) is 2. The van der Waals surface area contributed by atoms with E-state index in [2.05, 4.69) is 10.6 Å². The topological polar surface area (TPSA) is 93.7 Å². The molecule has 0 saturated carbocycles. The smallest absolute Gasteiger partial charge is 0.326 e. The highest BCUT2D eigenvalue weighted by atomic mass is 16.5. The van der Waals surface area contributed by atoms with Crippen LogP contribution in [0.1, 0.15) is 38.1 Å². The van der Waals surface area contributed by atoms with Gasteiger partial charge >= 0.3 is 5.97 Å². The van der Waals surface area contributed by atoms with Gasteiger partial charge in [0.25, 0.3) is 11.8 Å². The van der Waals surface area contributed by atoms with Gasteiger partial charge in [0.1, 0.15) is 12.3 Å². The minimum absolute atomic E-state index is 0.306. The van der Waals surface area contributed by atoms with Crippen LogP contribution in [0.25, 0.3) is 0 Å². The normalized spacial score (nSPS) is 11.6. The molecule has 7 nitrogen and oxygen atoms in total. The minimum Gasteiger partial charge on any atom is -0.494 e. The van der Waals surface area contributed by atoms with E-state index < -0.39 is 18.0 Å². The standard InChI is InChI=1S/C18H26N2O5/c1-5-24-15-8-6-14(7-9-15)18(23)20-11-16(21)25-13(4)17(22)19-10-12(2)3/h6-9,12-13H,5,10-11H2,1-4H3,(H,19,22)(H,20,23)/t13-/m0/s1. The van der Waals surface area contributed by atoms with Gasteiger partial charge < -0.3 is 20.1 Å². The van der Waals surface area contributed by atoms with Crippen LogP contribution in [-0.2, 0) is 14.3 Å². The van der Waals surface area contributed by atoms with Gasteiger partial charge in [-0.3, -0.25) is 14.4 Å². The number of hydrogen-bond donors (Lipinski definition) is 2. The zero-order valence-electron chi connectivity index (χ0n) is 15.1. The second-order valence-corrected chi connectivity index (χ2v) is 5.91. The summed E-state index contributed by atoms with van der Waals surface area (Å²) in [7, 11) is 0. The number of esters is 1. The van der Waals surface area contributed by atoms with Crippen LogP contribution in [0.2, 0.25) is 0 Å². The van der Waals surface area contributed by atoms with Crippen molar-refractivity contribution in [1.29, 1.82) is 0 Å². The number of benzene rings is 1. The van der Waals surface area contributed by atoms with E-state index in [0.717, 1.165) is 0 Å². The lowest BCUT2D eigenvalue weighted by Crippen LogP contribution is -2.39. The van der Waals surface area contributed by atoms with Crippen LogP contribution in [0.3, 0.4) is 0 Å². The maximum absolute atomic E-state index is 12.0. The molecule has 0 aromatic heterocycles. The molecule has 7 heteroatoms. The Morgan fingerprint density at radius 2 is 1.68 bits per heavy atom. The van der Waals surface area contributed by atoms with Crippen molar-refractivity contribution in [3.8, 4) is 5.75 Å². The Balaban J connectivity index is 2.39. The first-order valence-electron chi connectivity index (χ1n) is 8.31. The molecule has 1 aromatic carbocycles. The molecule has 0 heterocycles. The number of amides is 2. The summed E-state index contributed by atoms with van der Waals surface area (Å²) in [6.07, 6.45) is -0.909. The van der Waals surface area contributed by atoms with Gasteiger partial charge in [0, 0.05) is 12.1 Å². The summed E-state index contributed by atoms with van der Waals surface area (Å²) >= 11 is 0. The van der Waals surface area contributed by atoms with Crippen molar-refractivity contribution >= 4 is 17.8 Å². The van der Waals surface area contributed by atoms with Crippen molar-refractivity contribution in [2.75, 3.05) is 19.7 Å². The second-order valence-electron chi connectivity index (χ2n) is 5.91. The molecule has 0 fully saturated rings. The molecule has 0 aliphatic heterocycles. The van der Waals surface area contributed by atoms with Crippen molar-refractivity contribution in [3.05, 3.63) is 29.8 Å². The number of hydrogen-bond acceptors (Lipinski definition) is 5. The van der Waals surface area contributed by atoms with Crippen molar-refractivity contribution in [2.24, 2.45) is 5.92 Å². The maximum Gasteiger partial charge on any atom is 0.326 e. The molecule has 2 N–H and O–H groups in total. The van der Waals surface area contributed by atoms with Crippen molar-refractivity contribution < 1.29 is 23.9 Å². The summed E-state index contributed by atoms with van der Waals surface area (Å²) in [5.41, 5.74) is 0.402. The van der Waals surface area contributed by atoms with Crippen LogP contribution < -0.4 is 15.4 Å². The fraction of sp³-hybridized carbons (Fsp3) is 0.500. The molecule has 1 rings (SSSR count). The highest BCUT2D eigenvalue weighted by Gasteiger charge is 2.18. The lowest BCUT2D eigenvalue weighted by atomic mass is 10.2. The van der Waals surface area contributed by atoms with Crippen molar-refractivity contribution in [3.63, 3.8) is 0 Å². The highest BCUT2D eigenvalue weighted by Crippen LogP contribution is 2.11. The minimum atomic E-state index is -0.909. The monoisotopic (exact) mass is 350 g/mol. The SMILES string of the molecule is CCOc1ccc(C(=O)NCC(=O)O[C@@H](C)C(=O)NCC(C)C)cc1. The highest BCUT2D eigenvalue weighted by molar-refractivity contribution is 5.96. The predicted octanol–water partition coefficient (Wildman–Crippen LogP) is 1.52. The quantitative estimate of drug-likeness (QED) is 0.659. The van der Waals surface area contributed by atoms with E-state index in [1.54, 1.807) is 24.3 Å². The lowest BCUT2D eigenvalue weighted by molar-refractivity contribution is -0.153. The average molecular weight is 350 g/mol. The predicted molar refractivity (Wildman–Crippen MR) is 93.3 cm³/mol. The third kappa shape index (κ3) is 7.69. The van der Waals surface area contributed by atoms with Gasteiger partial charge in [-0.25, -0.2) is 0 Å². The molecule has 0 saturated heterocycles. The first-order chi connectivity index (χ1) is 11.8. The summed E-state index contributed by atoms with van der Waals surface area (Å²) in [5, 5.41) is 5.14. The molecule has 138 valence electrons. The molecular formula is C18H26N2O5. The van der Waals surface area contributed by atoms with Crippen LogP contribution in [0.4, 0.5) is 0 Å². The first-order valence-corrected chi connectivity index (χ1v) is 8.31. The van der Waals surface area contributed by atoms with Gasteiger partial charge in [0.2, 0.25) is 0 Å². The molecule has 0 bridgehead atoms. The van der Waals surface area contributed by atoms with Crippen LogP contribution in [0.15, 0.2) is 24.3 Å². The van der Waals surface area contributed by atoms with E-state index in [1.807, 2.05) is 20.8 Å². The maximum atomic E-state index is 12.0. The Morgan fingerprint density at radius 3 is 2.24 bits per heavy atom. The molecule has 25 heavy (non-hydrogen) atoms. The fourth-order valence-electron chi connectivity index (χ4n) is 1.86. The van der Waals surface area contributed by atoms with Crippen molar-refractivity contribution in [2.45, 2.75) is 33.8 Å². The summed E-state index contributed by atoms with van der Waals surface area (Å²) in [6.45, 7) is 8.03. The van der Waals surface area contributed by atoms with E-state index in [4.69, 9.17) is 9.47 Å². The van der Waals surface area contributed by atoms with Gasteiger partial charge in [-0.05, 0) is 44.0 Å². The number of carbonyl (C=O) groups excluding carboxylic acids is 3. The van der Waals surface area contributed by atoms with E-state index in [0.29, 0.717) is 30.4 Å². The average Bonchev–Trinajstić information content (AvgIpc) is 2.58. The van der Waals surface area contributed by atoms with E-state index in [-0.39, 0.29) is 12.5 Å². The summed E-state index contributed by atoms with van der Waals surface area (Å²) in [5.74, 6) is -0.469. The molecule has 1 aromatic rings. The Morgan fingerprint density at radius 1 is 1.04 bits per heavy atom. The molecule has 2 amide bonds. The van der Waals surface area contributed by atoms with Crippen LogP contribution in [0.5, 0.6) is 5.75 Å². The third-order valence-corrected chi connectivity index (χ3v) is 3.18. The lowest BCUT2D eigenvalue weighted by Gasteiger charge is -2.14. The summed E-state index contributed by atoms with van der Waals surface area (Å²) in [4.78, 5) is 35.5. The van der Waals surface area contributed by atoms with Gasteiger partial charge in [0.15, 0.2) is 6.10 Å². The second kappa shape index (κ2) is 10.3. The Labute approximate surface area is 148 Å². The Bertz CT molecular complexity index is 584. The van der Waals surface area contributed by atoms with Gasteiger partial charge in [0.05, 0.1) is 6.61 Å². The molecular weight excluding hydrogens is 324 g/mol. The number of rotatable bonds is 9. The molecule has 0 spiro atoms. The van der Waals surface area contributed by atoms with Crippen molar-refractivity contribution in [1.82, 2.24) is 10.6 Å². The number of carbonyl (C=O) groups is 3. The zero-order chi connectivity index (χ0) is 18.8. The fourth-order valence-corrected chi connectivity index (χ4v) is 1.86. The molecule has 0 aliphatic rings. The zero-order valence-corrected chi connectivity index (χ0v) is 15.1. The van der Waals surface area contributed by atoms with Crippen LogP contribution in [0, 0.1) is 5.92 Å². The third-order valence-electron chi connectivity index (χ3n) is 3.18. The van der Waals surface area contributed by atoms with E-state index in [1.165, 1.54) is 6.92 Å². The summed E-state index contributed by atoms with van der Waals surface area (Å²) < 4.78 is 10.3. The van der Waals surface area contributed by atoms with Crippen LogP contribution >= 0.6 is 0 Å². The van der Waals surface area contributed by atoms with E-state index >= 15 is 0 Å². The summed E-state index contributed by atoms with van der Waals surface area (Å²) in [6, 6.07) is 6.57. The Hall–Kier alpha value is -2.57. The molecule has 1 atom stereocenters.